The van der Waals surface area contributed by atoms with E-state index in [9.17, 15) is 4.79 Å². The van der Waals surface area contributed by atoms with Crippen LogP contribution in [0.4, 0.5) is 0 Å². The summed E-state index contributed by atoms with van der Waals surface area (Å²) in [5.41, 5.74) is 3.21. The Morgan fingerprint density at radius 3 is 2.04 bits per heavy atom. The van der Waals surface area contributed by atoms with Gasteiger partial charge in [-0.25, -0.2) is 0 Å². The van der Waals surface area contributed by atoms with E-state index in [1.807, 2.05) is 42.5 Å². The molecule has 0 aliphatic heterocycles. The number of rotatable bonds is 8. The molecule has 0 saturated carbocycles. The quantitative estimate of drug-likeness (QED) is 0.308. The van der Waals surface area contributed by atoms with Crippen LogP contribution in [0.2, 0.25) is 0 Å². The van der Waals surface area contributed by atoms with E-state index in [1.54, 1.807) is 18.9 Å². The number of thioether (sulfide) groups is 1. The van der Waals surface area contributed by atoms with Gasteiger partial charge in [0.2, 0.25) is 0 Å². The van der Waals surface area contributed by atoms with Crippen LogP contribution >= 0.6 is 11.8 Å². The average molecular weight is 391 g/mol. The van der Waals surface area contributed by atoms with Crippen LogP contribution < -0.4 is 4.74 Å². The number of benzene rings is 3. The van der Waals surface area contributed by atoms with E-state index < -0.39 is 0 Å². The van der Waals surface area contributed by atoms with Crippen molar-refractivity contribution in [1.82, 2.24) is 0 Å². The Balaban J connectivity index is 1.83. The molecule has 2 nitrogen and oxygen atoms in total. The zero-order valence-electron chi connectivity index (χ0n) is 16.6. The highest BCUT2D eigenvalue weighted by Crippen LogP contribution is 2.39. The normalized spacial score (nSPS) is 12.0. The van der Waals surface area contributed by atoms with E-state index in [1.165, 1.54) is 16.0 Å². The van der Waals surface area contributed by atoms with Gasteiger partial charge in [0.05, 0.1) is 7.11 Å². The fraction of sp³-hybridized carbons (Fsp3) is 0.240. The van der Waals surface area contributed by atoms with E-state index >= 15 is 0 Å². The van der Waals surface area contributed by atoms with Gasteiger partial charge in [-0.1, -0.05) is 56.3 Å². The maximum absolute atomic E-state index is 12.9. The Kier molecular flexibility index (Phi) is 6.94. The minimum atomic E-state index is 0.0678. The molecule has 0 aromatic heterocycles. The Morgan fingerprint density at radius 2 is 1.46 bits per heavy atom. The molecule has 0 N–H and O–H groups in total. The Bertz CT molecular complexity index is 884. The topological polar surface area (TPSA) is 26.3 Å². The van der Waals surface area contributed by atoms with Crippen molar-refractivity contribution in [2.45, 2.75) is 36.3 Å². The molecule has 0 radical (unpaired) electrons. The van der Waals surface area contributed by atoms with E-state index in [-0.39, 0.29) is 11.0 Å². The van der Waals surface area contributed by atoms with E-state index in [4.69, 9.17) is 4.74 Å². The number of carbonyl (C=O) groups excluding carboxylic acids is 1. The standard InChI is InChI=1S/C25H26O2S/c1-18(2)19-9-11-21(12-10-19)25(28-23-7-5-4-6-8-23)17-24(26)20-13-15-22(27-3)16-14-20/h4-16,18,25H,17H2,1-3H3. The highest BCUT2D eigenvalue weighted by atomic mass is 32.2. The van der Waals surface area contributed by atoms with Gasteiger partial charge >= 0.3 is 0 Å². The molecule has 144 valence electrons. The molecule has 28 heavy (non-hydrogen) atoms. The molecule has 3 rings (SSSR count). The van der Waals surface area contributed by atoms with Crippen molar-refractivity contribution in [2.24, 2.45) is 0 Å². The molecule has 0 amide bonds. The van der Waals surface area contributed by atoms with Crippen LogP contribution in [-0.2, 0) is 0 Å². The number of methoxy groups -OCH3 is 1. The summed E-state index contributed by atoms with van der Waals surface area (Å²) < 4.78 is 5.19. The number of ketones is 1. The SMILES string of the molecule is COc1ccc(C(=O)CC(Sc2ccccc2)c2ccc(C(C)C)cc2)cc1. The average Bonchev–Trinajstić information content (AvgIpc) is 2.74. The zero-order chi connectivity index (χ0) is 19.9. The van der Waals surface area contributed by atoms with Crippen LogP contribution in [-0.4, -0.2) is 12.9 Å². The summed E-state index contributed by atoms with van der Waals surface area (Å²) in [6, 6.07) is 26.3. The Morgan fingerprint density at radius 1 is 0.857 bits per heavy atom. The summed E-state index contributed by atoms with van der Waals surface area (Å²) >= 11 is 1.74. The maximum atomic E-state index is 12.9. The first-order valence-electron chi connectivity index (χ1n) is 9.55. The van der Waals surface area contributed by atoms with Gasteiger partial charge in [-0.3, -0.25) is 4.79 Å². The van der Waals surface area contributed by atoms with Crippen molar-refractivity contribution >= 4 is 17.5 Å². The summed E-state index contributed by atoms with van der Waals surface area (Å²) in [6.07, 6.45) is 0.451. The Hall–Kier alpha value is -2.52. The van der Waals surface area contributed by atoms with Crippen LogP contribution in [0.15, 0.2) is 83.8 Å². The first-order valence-corrected chi connectivity index (χ1v) is 10.4. The predicted molar refractivity (Wildman–Crippen MR) is 118 cm³/mol. The number of carbonyl (C=O) groups is 1. The summed E-state index contributed by atoms with van der Waals surface area (Å²) in [5.74, 6) is 1.40. The highest BCUT2D eigenvalue weighted by Gasteiger charge is 2.19. The lowest BCUT2D eigenvalue weighted by Crippen LogP contribution is -2.06. The summed E-state index contributed by atoms with van der Waals surface area (Å²) in [5, 5.41) is 0.0678. The van der Waals surface area contributed by atoms with E-state index in [0.29, 0.717) is 12.3 Å². The van der Waals surface area contributed by atoms with Gasteiger partial charge in [0.15, 0.2) is 5.78 Å². The maximum Gasteiger partial charge on any atom is 0.164 e. The molecule has 1 atom stereocenters. The molecule has 1 unspecified atom stereocenters. The highest BCUT2D eigenvalue weighted by molar-refractivity contribution is 7.99. The van der Waals surface area contributed by atoms with E-state index in [2.05, 4.69) is 50.2 Å². The lowest BCUT2D eigenvalue weighted by Gasteiger charge is -2.18. The van der Waals surface area contributed by atoms with Gasteiger partial charge in [-0.15, -0.1) is 11.8 Å². The van der Waals surface area contributed by atoms with E-state index in [0.717, 1.165) is 11.3 Å². The smallest absolute Gasteiger partial charge is 0.164 e. The van der Waals surface area contributed by atoms with Crippen molar-refractivity contribution in [1.29, 1.82) is 0 Å². The van der Waals surface area contributed by atoms with Crippen molar-refractivity contribution in [3.8, 4) is 5.75 Å². The number of ether oxygens (including phenoxy) is 1. The molecule has 0 spiro atoms. The van der Waals surface area contributed by atoms with Gasteiger partial charge in [-0.05, 0) is 53.4 Å². The fourth-order valence-electron chi connectivity index (χ4n) is 3.05. The van der Waals surface area contributed by atoms with Crippen molar-refractivity contribution in [2.75, 3.05) is 7.11 Å². The second-order valence-corrected chi connectivity index (χ2v) is 8.37. The van der Waals surface area contributed by atoms with Crippen molar-refractivity contribution in [3.63, 3.8) is 0 Å². The molecule has 3 heteroatoms. The third kappa shape index (κ3) is 5.26. The first-order chi connectivity index (χ1) is 13.6. The molecule has 0 heterocycles. The van der Waals surface area contributed by atoms with Crippen molar-refractivity contribution in [3.05, 3.63) is 95.6 Å². The fourth-order valence-corrected chi connectivity index (χ4v) is 4.22. The monoisotopic (exact) mass is 390 g/mol. The van der Waals surface area contributed by atoms with Crippen LogP contribution in [0.1, 0.15) is 52.9 Å². The van der Waals surface area contributed by atoms with Gasteiger partial charge in [-0.2, -0.15) is 0 Å². The number of Topliss-reactive ketones (excluding diaryl/α,β-unsaturated/α-hetero) is 1. The molecule has 3 aromatic carbocycles. The Labute approximate surface area is 171 Å². The summed E-state index contributed by atoms with van der Waals surface area (Å²) in [4.78, 5) is 14.1. The number of hydrogen-bond acceptors (Lipinski definition) is 3. The molecule has 0 aliphatic carbocycles. The molecule has 0 saturated heterocycles. The van der Waals surface area contributed by atoms with Crippen LogP contribution in [0.25, 0.3) is 0 Å². The zero-order valence-corrected chi connectivity index (χ0v) is 17.4. The van der Waals surface area contributed by atoms with Gasteiger partial charge < -0.3 is 4.74 Å². The van der Waals surface area contributed by atoms with Gasteiger partial charge in [0.1, 0.15) is 5.75 Å². The van der Waals surface area contributed by atoms with Gasteiger partial charge in [0.25, 0.3) is 0 Å². The summed E-state index contributed by atoms with van der Waals surface area (Å²) in [6.45, 7) is 4.39. The van der Waals surface area contributed by atoms with Crippen LogP contribution in [0.5, 0.6) is 5.75 Å². The molecule has 0 fully saturated rings. The summed E-state index contributed by atoms with van der Waals surface area (Å²) in [7, 11) is 1.63. The molecule has 0 bridgehead atoms. The van der Waals surface area contributed by atoms with Gasteiger partial charge in [0, 0.05) is 22.1 Å². The first kappa shape index (κ1) is 20.2. The molecule has 0 aliphatic rings. The largest absolute Gasteiger partial charge is 0.497 e. The minimum absolute atomic E-state index is 0.0678. The lowest BCUT2D eigenvalue weighted by molar-refractivity contribution is 0.0982. The third-order valence-corrected chi connectivity index (χ3v) is 6.05. The molecular weight excluding hydrogens is 364 g/mol. The van der Waals surface area contributed by atoms with Crippen LogP contribution in [0, 0.1) is 0 Å². The second kappa shape index (κ2) is 9.61. The van der Waals surface area contributed by atoms with Crippen LogP contribution in [0.3, 0.4) is 0 Å². The lowest BCUT2D eigenvalue weighted by atomic mass is 9.98. The number of hydrogen-bond donors (Lipinski definition) is 0. The molecular formula is C25H26O2S. The minimum Gasteiger partial charge on any atom is -0.497 e. The third-order valence-electron chi connectivity index (χ3n) is 4.78. The van der Waals surface area contributed by atoms with Crippen molar-refractivity contribution < 1.29 is 9.53 Å². The molecule has 3 aromatic rings. The second-order valence-electron chi connectivity index (χ2n) is 7.10. The predicted octanol–water partition coefficient (Wildman–Crippen LogP) is 6.93.